The van der Waals surface area contributed by atoms with E-state index in [2.05, 4.69) is 0 Å². The molecule has 4 atom stereocenters. The van der Waals surface area contributed by atoms with Crippen LogP contribution in [0.2, 0.25) is 0 Å². The van der Waals surface area contributed by atoms with E-state index >= 15 is 0 Å². The van der Waals surface area contributed by atoms with E-state index in [0.29, 0.717) is 0 Å². The summed E-state index contributed by atoms with van der Waals surface area (Å²) < 4.78 is 19.6. The highest BCUT2D eigenvalue weighted by molar-refractivity contribution is 5.25. The molecule has 1 saturated heterocycles. The molecule has 0 aliphatic carbocycles. The Morgan fingerprint density at radius 3 is 2.81 bits per heavy atom. The van der Waals surface area contributed by atoms with E-state index in [-0.39, 0.29) is 0 Å². The van der Waals surface area contributed by atoms with Crippen molar-refractivity contribution in [2.45, 2.75) is 23.6 Å². The molecule has 1 aromatic heterocycles. The zero-order valence-electron chi connectivity index (χ0n) is 10.7. The molecule has 0 spiro atoms. The van der Waals surface area contributed by atoms with Crippen LogP contribution >= 0.6 is 0 Å². The van der Waals surface area contributed by atoms with Crippen LogP contribution in [0.25, 0.3) is 0 Å². The summed E-state index contributed by atoms with van der Waals surface area (Å²) >= 11 is 0. The molecule has 8 nitrogen and oxygen atoms in total. The number of halogens is 1. The third kappa shape index (κ3) is 2.09. The highest BCUT2D eigenvalue weighted by atomic mass is 19.1. The minimum Gasteiger partial charge on any atom is -0.393 e. The number of nitrogens with one attached hydrogen (secondary N) is 1. The highest BCUT2D eigenvalue weighted by Gasteiger charge is 2.65. The summed E-state index contributed by atoms with van der Waals surface area (Å²) in [6.45, 7) is -1.84. The first-order valence-electron chi connectivity index (χ1n) is 5.90. The standard InChI is InChI=1S/C12H13FN2O6/c1-2-11(19)9(15-4-3-8(17)14-10(15)18)21-6-12(11,20)7(13)5-16/h1,3-4,7,9,16,19-20H,5-6H2,(H,14,17,18)/t7?,9-,11+,12-/m1/s1. The van der Waals surface area contributed by atoms with Crippen LogP contribution in [0.4, 0.5) is 4.39 Å². The van der Waals surface area contributed by atoms with Crippen LogP contribution < -0.4 is 11.2 Å². The Morgan fingerprint density at radius 2 is 2.29 bits per heavy atom. The molecule has 1 unspecified atom stereocenters. The van der Waals surface area contributed by atoms with Crippen LogP contribution in [0.3, 0.4) is 0 Å². The number of aromatic nitrogens is 2. The van der Waals surface area contributed by atoms with Crippen molar-refractivity contribution in [2.75, 3.05) is 13.2 Å². The van der Waals surface area contributed by atoms with Crippen molar-refractivity contribution in [2.24, 2.45) is 0 Å². The van der Waals surface area contributed by atoms with Crippen molar-refractivity contribution in [1.82, 2.24) is 9.55 Å². The molecule has 4 N–H and O–H groups in total. The molecule has 0 saturated carbocycles. The average Bonchev–Trinajstić information content (AvgIpc) is 2.72. The van der Waals surface area contributed by atoms with E-state index in [1.54, 1.807) is 0 Å². The largest absolute Gasteiger partial charge is 0.393 e. The Balaban J connectivity index is 2.55. The predicted octanol–water partition coefficient (Wildman–Crippen LogP) is -2.51. The van der Waals surface area contributed by atoms with E-state index in [0.717, 1.165) is 16.8 Å². The maximum absolute atomic E-state index is 13.8. The molecule has 21 heavy (non-hydrogen) atoms. The number of alkyl halides is 1. The van der Waals surface area contributed by atoms with Crippen LogP contribution in [0.5, 0.6) is 0 Å². The van der Waals surface area contributed by atoms with Crippen LogP contribution in [-0.2, 0) is 4.74 Å². The summed E-state index contributed by atoms with van der Waals surface area (Å²) in [5, 5.41) is 29.5. The van der Waals surface area contributed by atoms with Crippen molar-refractivity contribution in [3.63, 3.8) is 0 Å². The normalized spacial score (nSPS) is 33.6. The van der Waals surface area contributed by atoms with Gasteiger partial charge in [-0.05, 0) is 0 Å². The van der Waals surface area contributed by atoms with E-state index in [9.17, 15) is 24.2 Å². The summed E-state index contributed by atoms with van der Waals surface area (Å²) in [4.78, 5) is 24.6. The number of ether oxygens (including phenoxy) is 1. The fourth-order valence-electron chi connectivity index (χ4n) is 2.22. The monoisotopic (exact) mass is 300 g/mol. The zero-order chi connectivity index (χ0) is 15.8. The van der Waals surface area contributed by atoms with Gasteiger partial charge in [0.1, 0.15) is 0 Å². The first-order chi connectivity index (χ1) is 9.80. The Hall–Kier alpha value is -1.99. The SMILES string of the molecule is C#C[C@]1(O)[C@H](n2ccc(=O)[nH]c2=O)OC[C@@]1(O)C(F)CO. The number of H-pyrrole nitrogens is 1. The molecule has 0 radical (unpaired) electrons. The molecule has 1 aliphatic heterocycles. The van der Waals surface area contributed by atoms with Crippen LogP contribution in [0, 0.1) is 12.3 Å². The van der Waals surface area contributed by atoms with Gasteiger partial charge in [0.2, 0.25) is 5.60 Å². The van der Waals surface area contributed by atoms with Gasteiger partial charge in [0.25, 0.3) is 5.56 Å². The summed E-state index contributed by atoms with van der Waals surface area (Å²) in [6, 6.07) is 0.970. The van der Waals surface area contributed by atoms with Gasteiger partial charge < -0.3 is 20.1 Å². The van der Waals surface area contributed by atoms with Gasteiger partial charge in [-0.1, -0.05) is 5.92 Å². The Kier molecular flexibility index (Phi) is 3.73. The summed E-state index contributed by atoms with van der Waals surface area (Å²) in [7, 11) is 0. The molecule has 9 heteroatoms. The third-order valence-corrected chi connectivity index (χ3v) is 3.48. The maximum Gasteiger partial charge on any atom is 0.330 e. The van der Waals surface area contributed by atoms with E-state index in [1.807, 2.05) is 10.9 Å². The minimum absolute atomic E-state index is 0.688. The molecular formula is C12H13FN2O6. The second-order valence-corrected chi connectivity index (χ2v) is 4.67. The molecule has 1 aromatic rings. The number of nitrogens with zero attached hydrogens (tertiary/aromatic N) is 1. The zero-order valence-corrected chi connectivity index (χ0v) is 10.7. The van der Waals surface area contributed by atoms with Gasteiger partial charge in [-0.2, -0.15) is 0 Å². The molecule has 114 valence electrons. The third-order valence-electron chi connectivity index (χ3n) is 3.48. The number of aliphatic hydroxyl groups is 3. The lowest BCUT2D eigenvalue weighted by Crippen LogP contribution is -2.61. The lowest BCUT2D eigenvalue weighted by atomic mass is 9.81. The van der Waals surface area contributed by atoms with E-state index < -0.39 is 48.1 Å². The van der Waals surface area contributed by atoms with Gasteiger partial charge in [0.15, 0.2) is 18.0 Å². The van der Waals surface area contributed by atoms with Crippen LogP contribution in [0.15, 0.2) is 21.9 Å². The van der Waals surface area contributed by atoms with Crippen molar-refractivity contribution in [3.8, 4) is 12.3 Å². The highest BCUT2D eigenvalue weighted by Crippen LogP contribution is 2.43. The maximum atomic E-state index is 13.8. The lowest BCUT2D eigenvalue weighted by Gasteiger charge is -2.36. The smallest absolute Gasteiger partial charge is 0.330 e. The molecule has 1 fully saturated rings. The molecule has 2 rings (SSSR count). The van der Waals surface area contributed by atoms with Gasteiger partial charge >= 0.3 is 5.69 Å². The van der Waals surface area contributed by atoms with Crippen molar-refractivity contribution < 1.29 is 24.4 Å². The lowest BCUT2D eigenvalue weighted by molar-refractivity contribution is -0.152. The molecule has 0 bridgehead atoms. The Labute approximate surface area is 117 Å². The number of aliphatic hydroxyl groups excluding tert-OH is 1. The number of aromatic amines is 1. The summed E-state index contributed by atoms with van der Waals surface area (Å²) in [6.07, 6.45) is 2.25. The summed E-state index contributed by atoms with van der Waals surface area (Å²) in [5.41, 5.74) is -6.86. The number of rotatable bonds is 3. The van der Waals surface area contributed by atoms with Crippen molar-refractivity contribution >= 4 is 0 Å². The molecular weight excluding hydrogens is 287 g/mol. The van der Waals surface area contributed by atoms with E-state index in [4.69, 9.17) is 16.3 Å². The van der Waals surface area contributed by atoms with Gasteiger partial charge in [0.05, 0.1) is 13.2 Å². The molecule has 0 amide bonds. The topological polar surface area (TPSA) is 125 Å². The molecule has 1 aliphatic rings. The van der Waals surface area contributed by atoms with Crippen LogP contribution in [-0.4, -0.2) is 55.5 Å². The summed E-state index contributed by atoms with van der Waals surface area (Å²) in [5.74, 6) is 1.81. The number of terminal acetylenes is 1. The van der Waals surface area contributed by atoms with Gasteiger partial charge in [-0.15, -0.1) is 6.42 Å². The van der Waals surface area contributed by atoms with Crippen LogP contribution in [0.1, 0.15) is 6.23 Å². The first kappa shape index (κ1) is 15.4. The van der Waals surface area contributed by atoms with E-state index in [1.165, 1.54) is 0 Å². The fraction of sp³-hybridized carbons (Fsp3) is 0.500. The fourth-order valence-corrected chi connectivity index (χ4v) is 2.22. The molecule has 2 heterocycles. The Bertz CT molecular complexity index is 694. The predicted molar refractivity (Wildman–Crippen MR) is 67.0 cm³/mol. The average molecular weight is 300 g/mol. The van der Waals surface area contributed by atoms with Gasteiger partial charge in [-0.3, -0.25) is 14.3 Å². The minimum atomic E-state index is -2.61. The first-order valence-corrected chi connectivity index (χ1v) is 5.90. The van der Waals surface area contributed by atoms with Crippen molar-refractivity contribution in [1.29, 1.82) is 0 Å². The number of hydrogen-bond acceptors (Lipinski definition) is 6. The van der Waals surface area contributed by atoms with Gasteiger partial charge in [0, 0.05) is 12.3 Å². The van der Waals surface area contributed by atoms with Crippen molar-refractivity contribution in [3.05, 3.63) is 33.1 Å². The second-order valence-electron chi connectivity index (χ2n) is 4.67. The second kappa shape index (κ2) is 5.09. The molecule has 0 aromatic carbocycles. The quantitative estimate of drug-likeness (QED) is 0.457. The van der Waals surface area contributed by atoms with Gasteiger partial charge in [-0.25, -0.2) is 9.18 Å². The Morgan fingerprint density at radius 1 is 1.62 bits per heavy atom. The number of hydrogen-bond donors (Lipinski definition) is 4.